The monoisotopic (exact) mass is 349 g/mol. The molecule has 0 aliphatic carbocycles. The Morgan fingerprint density at radius 1 is 1.17 bits per heavy atom. The van der Waals surface area contributed by atoms with Gasteiger partial charge in [0.1, 0.15) is 6.04 Å². The van der Waals surface area contributed by atoms with Gasteiger partial charge in [0.2, 0.25) is 5.91 Å². The molecular formula is C18H24ClN3O2. The first-order chi connectivity index (χ1) is 11.5. The molecule has 2 aliphatic heterocycles. The van der Waals surface area contributed by atoms with Crippen LogP contribution in [0.2, 0.25) is 5.02 Å². The predicted octanol–water partition coefficient (Wildman–Crippen LogP) is 1.77. The van der Waals surface area contributed by atoms with E-state index in [4.69, 9.17) is 11.6 Å². The molecule has 0 aromatic heterocycles. The van der Waals surface area contributed by atoms with Crippen LogP contribution in [0.25, 0.3) is 0 Å². The van der Waals surface area contributed by atoms with Gasteiger partial charge in [-0.1, -0.05) is 25.4 Å². The van der Waals surface area contributed by atoms with Gasteiger partial charge in [0.25, 0.3) is 5.91 Å². The van der Waals surface area contributed by atoms with Crippen LogP contribution >= 0.6 is 11.6 Å². The number of likely N-dealkylation sites (tertiary alicyclic amines) is 1. The number of rotatable bonds is 4. The summed E-state index contributed by atoms with van der Waals surface area (Å²) in [7, 11) is 0. The lowest BCUT2D eigenvalue weighted by molar-refractivity contribution is -0.133. The van der Waals surface area contributed by atoms with E-state index in [1.807, 2.05) is 18.7 Å². The molecule has 2 saturated heterocycles. The van der Waals surface area contributed by atoms with Crippen molar-refractivity contribution in [1.29, 1.82) is 0 Å². The van der Waals surface area contributed by atoms with Gasteiger partial charge in [-0.15, -0.1) is 0 Å². The molecule has 1 aromatic carbocycles. The van der Waals surface area contributed by atoms with Crippen molar-refractivity contribution < 1.29 is 9.59 Å². The van der Waals surface area contributed by atoms with Gasteiger partial charge < -0.3 is 15.5 Å². The highest BCUT2D eigenvalue weighted by atomic mass is 35.5. The van der Waals surface area contributed by atoms with Crippen LogP contribution in [0.15, 0.2) is 24.3 Å². The van der Waals surface area contributed by atoms with Crippen molar-refractivity contribution in [3.05, 3.63) is 34.9 Å². The predicted molar refractivity (Wildman–Crippen MR) is 94.0 cm³/mol. The molecule has 0 bridgehead atoms. The lowest BCUT2D eigenvalue weighted by Gasteiger charge is -2.27. The van der Waals surface area contributed by atoms with Gasteiger partial charge in [0.05, 0.1) is 0 Å². The lowest BCUT2D eigenvalue weighted by Crippen LogP contribution is -2.51. The average molecular weight is 350 g/mol. The Morgan fingerprint density at radius 2 is 1.75 bits per heavy atom. The van der Waals surface area contributed by atoms with Crippen molar-refractivity contribution in [1.82, 2.24) is 15.5 Å². The number of nitrogens with zero attached hydrogens (tertiary/aromatic N) is 1. The Bertz CT molecular complexity index is 605. The van der Waals surface area contributed by atoms with E-state index in [-0.39, 0.29) is 17.7 Å². The lowest BCUT2D eigenvalue weighted by atomic mass is 10.0. The number of carbonyl (C=O) groups is 2. The van der Waals surface area contributed by atoms with Crippen molar-refractivity contribution in [3.8, 4) is 0 Å². The highest BCUT2D eigenvalue weighted by molar-refractivity contribution is 6.30. The third-order valence-electron chi connectivity index (χ3n) is 5.03. The van der Waals surface area contributed by atoms with Gasteiger partial charge in [0, 0.05) is 36.8 Å². The van der Waals surface area contributed by atoms with Gasteiger partial charge in [-0.05, 0) is 42.0 Å². The van der Waals surface area contributed by atoms with Crippen molar-refractivity contribution >= 4 is 23.4 Å². The number of nitrogens with one attached hydrogen (secondary N) is 2. The fraction of sp³-hybridized carbons (Fsp3) is 0.556. The molecule has 1 unspecified atom stereocenters. The fourth-order valence-electron chi connectivity index (χ4n) is 3.57. The maximum absolute atomic E-state index is 12.9. The van der Waals surface area contributed by atoms with E-state index in [0.717, 1.165) is 26.2 Å². The Labute approximate surface area is 147 Å². The Kier molecular flexibility index (Phi) is 5.11. The van der Waals surface area contributed by atoms with Gasteiger partial charge >= 0.3 is 0 Å². The topological polar surface area (TPSA) is 61.4 Å². The zero-order valence-electron chi connectivity index (χ0n) is 14.1. The van der Waals surface area contributed by atoms with Crippen LogP contribution in [0.5, 0.6) is 0 Å². The minimum absolute atomic E-state index is 0.0294. The zero-order valence-corrected chi connectivity index (χ0v) is 14.8. The van der Waals surface area contributed by atoms with Crippen LogP contribution < -0.4 is 10.6 Å². The summed E-state index contributed by atoms with van der Waals surface area (Å²) in [4.78, 5) is 27.3. The molecule has 24 heavy (non-hydrogen) atoms. The molecule has 1 aromatic rings. The summed E-state index contributed by atoms with van der Waals surface area (Å²) in [6.45, 7) is 7.47. The first-order valence-electron chi connectivity index (χ1n) is 8.51. The summed E-state index contributed by atoms with van der Waals surface area (Å²) in [5.74, 6) is 0.927. The van der Waals surface area contributed by atoms with E-state index >= 15 is 0 Å². The summed E-state index contributed by atoms with van der Waals surface area (Å²) in [6, 6.07) is 6.20. The molecule has 0 radical (unpaired) electrons. The highest BCUT2D eigenvalue weighted by Crippen LogP contribution is 2.27. The highest BCUT2D eigenvalue weighted by Gasteiger charge is 2.40. The molecule has 130 valence electrons. The molecule has 2 amide bonds. The van der Waals surface area contributed by atoms with E-state index in [1.165, 1.54) is 0 Å². The molecule has 2 fully saturated rings. The smallest absolute Gasteiger partial charge is 0.251 e. The quantitative estimate of drug-likeness (QED) is 0.871. The summed E-state index contributed by atoms with van der Waals surface area (Å²) in [6.07, 6.45) is 0. The molecular weight excluding hydrogens is 326 g/mol. The van der Waals surface area contributed by atoms with Gasteiger partial charge in [0.15, 0.2) is 0 Å². The van der Waals surface area contributed by atoms with Crippen LogP contribution in [-0.2, 0) is 4.79 Å². The molecule has 2 aliphatic rings. The molecule has 2 heterocycles. The van der Waals surface area contributed by atoms with Crippen molar-refractivity contribution in [2.24, 2.45) is 17.8 Å². The number of halogens is 1. The second-order valence-corrected chi connectivity index (χ2v) is 7.56. The summed E-state index contributed by atoms with van der Waals surface area (Å²) >= 11 is 5.86. The Balaban J connectivity index is 1.67. The molecule has 2 N–H and O–H groups in total. The number of hydrogen-bond acceptors (Lipinski definition) is 3. The average Bonchev–Trinajstić information content (AvgIpc) is 3.13. The van der Waals surface area contributed by atoms with E-state index in [9.17, 15) is 9.59 Å². The van der Waals surface area contributed by atoms with Crippen LogP contribution in [0.1, 0.15) is 24.2 Å². The van der Waals surface area contributed by atoms with E-state index < -0.39 is 6.04 Å². The van der Waals surface area contributed by atoms with Crippen molar-refractivity contribution in [2.75, 3.05) is 26.2 Å². The minimum Gasteiger partial charge on any atom is -0.340 e. The molecule has 5 nitrogen and oxygen atoms in total. The molecule has 0 saturated carbocycles. The number of amides is 2. The first-order valence-corrected chi connectivity index (χ1v) is 8.89. The van der Waals surface area contributed by atoms with E-state index in [2.05, 4.69) is 10.6 Å². The maximum atomic E-state index is 12.9. The first kappa shape index (κ1) is 17.2. The molecule has 3 rings (SSSR count). The SMILES string of the molecule is CC(C)C(NC(=O)c1ccc(Cl)cc1)C(=O)N1C[C@H]2CNC[C@H]2C1. The number of hydrogen-bond donors (Lipinski definition) is 2. The number of benzene rings is 1. The molecule has 3 atom stereocenters. The third kappa shape index (κ3) is 3.57. The second-order valence-electron chi connectivity index (χ2n) is 7.12. The van der Waals surface area contributed by atoms with Crippen molar-refractivity contribution in [3.63, 3.8) is 0 Å². The van der Waals surface area contributed by atoms with Gasteiger partial charge in [-0.2, -0.15) is 0 Å². The Hall–Kier alpha value is -1.59. The third-order valence-corrected chi connectivity index (χ3v) is 5.28. The largest absolute Gasteiger partial charge is 0.340 e. The van der Waals surface area contributed by atoms with E-state index in [0.29, 0.717) is 22.4 Å². The summed E-state index contributed by atoms with van der Waals surface area (Å²) in [5.41, 5.74) is 0.514. The standard InChI is InChI=1S/C18H24ClN3O2/c1-11(2)16(21-17(23)12-3-5-15(19)6-4-12)18(24)22-9-13-7-20-8-14(13)10-22/h3-6,11,13-14,16,20H,7-10H2,1-2H3,(H,21,23)/t13-,14+,16?. The van der Waals surface area contributed by atoms with E-state index in [1.54, 1.807) is 24.3 Å². The normalized spacial score (nSPS) is 24.1. The Morgan fingerprint density at radius 3 is 2.29 bits per heavy atom. The molecule has 0 spiro atoms. The number of fused-ring (bicyclic) bond motifs is 1. The zero-order chi connectivity index (χ0) is 17.3. The second kappa shape index (κ2) is 7.11. The molecule has 6 heteroatoms. The number of carbonyl (C=O) groups excluding carboxylic acids is 2. The van der Waals surface area contributed by atoms with Crippen LogP contribution in [-0.4, -0.2) is 48.9 Å². The summed E-state index contributed by atoms with van der Waals surface area (Å²) in [5, 5.41) is 6.86. The fourth-order valence-corrected chi connectivity index (χ4v) is 3.70. The van der Waals surface area contributed by atoms with Crippen LogP contribution in [0.3, 0.4) is 0 Å². The maximum Gasteiger partial charge on any atom is 0.251 e. The summed E-state index contributed by atoms with van der Waals surface area (Å²) < 4.78 is 0. The minimum atomic E-state index is -0.500. The van der Waals surface area contributed by atoms with Crippen molar-refractivity contribution in [2.45, 2.75) is 19.9 Å². The van der Waals surface area contributed by atoms with Gasteiger partial charge in [-0.25, -0.2) is 0 Å². The van der Waals surface area contributed by atoms with Crippen LogP contribution in [0.4, 0.5) is 0 Å². The van der Waals surface area contributed by atoms with Gasteiger partial charge in [-0.3, -0.25) is 9.59 Å². The van der Waals surface area contributed by atoms with Crippen LogP contribution in [0, 0.1) is 17.8 Å².